The molecule has 6 heteroatoms. The molecule has 0 saturated heterocycles. The van der Waals surface area contributed by atoms with Crippen LogP contribution in [0.1, 0.15) is 30.4 Å². The molecule has 0 aromatic heterocycles. The van der Waals surface area contributed by atoms with Crippen molar-refractivity contribution in [3.05, 3.63) is 35.4 Å². The Balaban J connectivity index is 2.47. The average molecular weight is 275 g/mol. The molecule has 1 amide bonds. The van der Waals surface area contributed by atoms with Gasteiger partial charge in [0.05, 0.1) is 5.56 Å². The fourth-order valence-electron chi connectivity index (χ4n) is 1.54. The highest BCUT2D eigenvalue weighted by Gasteiger charge is 2.30. The van der Waals surface area contributed by atoms with E-state index in [1.807, 2.05) is 0 Å². The number of rotatable bonds is 6. The summed E-state index contributed by atoms with van der Waals surface area (Å²) in [4.78, 5) is 11.4. The van der Waals surface area contributed by atoms with Gasteiger partial charge < -0.3 is 10.4 Å². The lowest BCUT2D eigenvalue weighted by Gasteiger charge is -2.09. The maximum Gasteiger partial charge on any atom is 0.416 e. The standard InChI is InChI=1S/C13H16F3NO2/c14-13(15,16)11-5-3-4-10(8-11)9-17-12(19)6-1-2-7-18/h3-5,8,18H,1-2,6-7,9H2,(H,17,19). The van der Waals surface area contributed by atoms with Crippen LogP contribution in [0.15, 0.2) is 24.3 Å². The summed E-state index contributed by atoms with van der Waals surface area (Å²) in [6.45, 7) is 0.1000. The van der Waals surface area contributed by atoms with Crippen molar-refractivity contribution in [3.8, 4) is 0 Å². The third-order valence-corrected chi connectivity index (χ3v) is 2.56. The van der Waals surface area contributed by atoms with Gasteiger partial charge in [-0.05, 0) is 30.5 Å². The molecule has 0 aliphatic rings. The van der Waals surface area contributed by atoms with Crippen molar-refractivity contribution in [2.45, 2.75) is 32.0 Å². The van der Waals surface area contributed by atoms with Crippen LogP contribution in [0, 0.1) is 0 Å². The highest BCUT2D eigenvalue weighted by molar-refractivity contribution is 5.75. The van der Waals surface area contributed by atoms with Gasteiger partial charge in [-0.1, -0.05) is 12.1 Å². The minimum atomic E-state index is -4.37. The Hall–Kier alpha value is -1.56. The maximum atomic E-state index is 12.5. The van der Waals surface area contributed by atoms with Gasteiger partial charge in [0.25, 0.3) is 0 Å². The Bertz CT molecular complexity index is 419. The number of carbonyl (C=O) groups excluding carboxylic acids is 1. The van der Waals surface area contributed by atoms with Gasteiger partial charge in [-0.25, -0.2) is 0 Å². The summed E-state index contributed by atoms with van der Waals surface area (Å²) in [6.07, 6.45) is -3.01. The van der Waals surface area contributed by atoms with Crippen molar-refractivity contribution in [2.24, 2.45) is 0 Å². The first kappa shape index (κ1) is 15.5. The van der Waals surface area contributed by atoms with Crippen LogP contribution in [0.2, 0.25) is 0 Å². The van der Waals surface area contributed by atoms with Crippen molar-refractivity contribution in [1.82, 2.24) is 5.32 Å². The summed E-state index contributed by atoms with van der Waals surface area (Å²) in [7, 11) is 0. The van der Waals surface area contributed by atoms with Crippen LogP contribution in [0.4, 0.5) is 13.2 Å². The van der Waals surface area contributed by atoms with Gasteiger partial charge in [0, 0.05) is 19.6 Å². The van der Waals surface area contributed by atoms with Crippen LogP contribution in [-0.2, 0) is 17.5 Å². The number of aliphatic hydroxyl groups is 1. The molecule has 0 atom stereocenters. The number of benzene rings is 1. The highest BCUT2D eigenvalue weighted by atomic mass is 19.4. The zero-order valence-electron chi connectivity index (χ0n) is 10.3. The number of hydrogen-bond donors (Lipinski definition) is 2. The van der Waals surface area contributed by atoms with E-state index in [0.717, 1.165) is 12.1 Å². The third-order valence-electron chi connectivity index (χ3n) is 2.56. The van der Waals surface area contributed by atoms with E-state index >= 15 is 0 Å². The maximum absolute atomic E-state index is 12.5. The molecule has 0 radical (unpaired) electrons. The first-order valence-corrected chi connectivity index (χ1v) is 5.97. The third kappa shape index (κ3) is 5.74. The molecule has 0 unspecified atom stereocenters. The molecule has 0 bridgehead atoms. The summed E-state index contributed by atoms with van der Waals surface area (Å²) < 4.78 is 37.4. The summed E-state index contributed by atoms with van der Waals surface area (Å²) in [5, 5.41) is 11.1. The Morgan fingerprint density at radius 3 is 2.63 bits per heavy atom. The molecular formula is C13H16F3NO2. The number of aliphatic hydroxyl groups excluding tert-OH is 1. The minimum absolute atomic E-state index is 0.0287. The molecule has 2 N–H and O–H groups in total. The lowest BCUT2D eigenvalue weighted by atomic mass is 10.1. The summed E-state index contributed by atoms with van der Waals surface area (Å²) in [5.74, 6) is -0.231. The van der Waals surface area contributed by atoms with Gasteiger partial charge in [-0.2, -0.15) is 13.2 Å². The van der Waals surface area contributed by atoms with Crippen LogP contribution >= 0.6 is 0 Å². The van der Waals surface area contributed by atoms with Gasteiger partial charge in [0.15, 0.2) is 0 Å². The Kier molecular flexibility index (Phi) is 5.82. The largest absolute Gasteiger partial charge is 0.416 e. The van der Waals surface area contributed by atoms with E-state index in [9.17, 15) is 18.0 Å². The van der Waals surface area contributed by atoms with Gasteiger partial charge in [-0.15, -0.1) is 0 Å². The van der Waals surface area contributed by atoms with Crippen LogP contribution in [0.5, 0.6) is 0 Å². The predicted molar refractivity (Wildman–Crippen MR) is 64.2 cm³/mol. The molecular weight excluding hydrogens is 259 g/mol. The zero-order valence-corrected chi connectivity index (χ0v) is 10.3. The van der Waals surface area contributed by atoms with E-state index in [4.69, 9.17) is 5.11 Å². The second-order valence-corrected chi connectivity index (χ2v) is 4.16. The van der Waals surface area contributed by atoms with E-state index in [1.165, 1.54) is 12.1 Å². The molecule has 19 heavy (non-hydrogen) atoms. The molecule has 0 spiro atoms. The van der Waals surface area contributed by atoms with Gasteiger partial charge in [-0.3, -0.25) is 4.79 Å². The first-order chi connectivity index (χ1) is 8.93. The number of amides is 1. The smallest absolute Gasteiger partial charge is 0.396 e. The van der Waals surface area contributed by atoms with Crippen molar-refractivity contribution in [3.63, 3.8) is 0 Å². The highest BCUT2D eigenvalue weighted by Crippen LogP contribution is 2.29. The second-order valence-electron chi connectivity index (χ2n) is 4.16. The Morgan fingerprint density at radius 2 is 2.00 bits per heavy atom. The number of unbranched alkanes of at least 4 members (excludes halogenated alkanes) is 1. The van der Waals surface area contributed by atoms with E-state index in [2.05, 4.69) is 5.32 Å². The molecule has 1 rings (SSSR count). The van der Waals surface area contributed by atoms with Crippen molar-refractivity contribution in [1.29, 1.82) is 0 Å². The monoisotopic (exact) mass is 275 g/mol. The number of nitrogens with one attached hydrogen (secondary N) is 1. The quantitative estimate of drug-likeness (QED) is 0.784. The number of alkyl halides is 3. The fraction of sp³-hybridized carbons (Fsp3) is 0.462. The second kappa shape index (κ2) is 7.13. The van der Waals surface area contributed by atoms with E-state index in [-0.39, 0.29) is 25.5 Å². The van der Waals surface area contributed by atoms with Crippen molar-refractivity contribution >= 4 is 5.91 Å². The zero-order chi connectivity index (χ0) is 14.3. The normalized spacial score (nSPS) is 11.4. The van der Waals surface area contributed by atoms with Crippen molar-refractivity contribution < 1.29 is 23.1 Å². The van der Waals surface area contributed by atoms with E-state index < -0.39 is 11.7 Å². The SMILES string of the molecule is O=C(CCCCO)NCc1cccc(C(F)(F)F)c1. The van der Waals surface area contributed by atoms with Crippen LogP contribution in [0.3, 0.4) is 0 Å². The summed E-state index contributed by atoms with van der Waals surface area (Å²) in [6, 6.07) is 4.86. The number of hydrogen-bond acceptors (Lipinski definition) is 2. The van der Waals surface area contributed by atoms with Crippen molar-refractivity contribution in [2.75, 3.05) is 6.61 Å². The molecule has 106 valence electrons. The van der Waals surface area contributed by atoms with E-state index in [1.54, 1.807) is 0 Å². The van der Waals surface area contributed by atoms with Crippen LogP contribution in [-0.4, -0.2) is 17.6 Å². The summed E-state index contributed by atoms with van der Waals surface area (Å²) >= 11 is 0. The summed E-state index contributed by atoms with van der Waals surface area (Å²) in [5.41, 5.74) is -0.315. The average Bonchev–Trinajstić information content (AvgIpc) is 2.36. The minimum Gasteiger partial charge on any atom is -0.396 e. The topological polar surface area (TPSA) is 49.3 Å². The molecule has 0 aliphatic heterocycles. The molecule has 0 saturated carbocycles. The van der Waals surface area contributed by atoms with Gasteiger partial charge in [0.1, 0.15) is 0 Å². The van der Waals surface area contributed by atoms with Gasteiger partial charge in [0.2, 0.25) is 5.91 Å². The first-order valence-electron chi connectivity index (χ1n) is 5.97. The predicted octanol–water partition coefficient (Wildman–Crippen LogP) is 2.48. The lowest BCUT2D eigenvalue weighted by molar-refractivity contribution is -0.137. The van der Waals surface area contributed by atoms with Gasteiger partial charge >= 0.3 is 6.18 Å². The molecule has 0 fully saturated rings. The van der Waals surface area contributed by atoms with E-state index in [0.29, 0.717) is 18.4 Å². The number of halogens is 3. The number of carbonyl (C=O) groups is 1. The molecule has 1 aromatic rings. The molecule has 0 aliphatic carbocycles. The molecule has 1 aromatic carbocycles. The fourth-order valence-corrected chi connectivity index (χ4v) is 1.54. The Labute approximate surface area is 109 Å². The Morgan fingerprint density at radius 1 is 1.26 bits per heavy atom. The molecule has 0 heterocycles. The van der Waals surface area contributed by atoms with Crippen LogP contribution in [0.25, 0.3) is 0 Å². The molecule has 3 nitrogen and oxygen atoms in total. The van der Waals surface area contributed by atoms with Crippen LogP contribution < -0.4 is 5.32 Å². The lowest BCUT2D eigenvalue weighted by Crippen LogP contribution is -2.22.